The van der Waals surface area contributed by atoms with Crippen molar-refractivity contribution >= 4 is 0 Å². The molecule has 0 fully saturated rings. The Morgan fingerprint density at radius 1 is 1.45 bits per heavy atom. The van der Waals surface area contributed by atoms with E-state index in [4.69, 9.17) is 0 Å². The van der Waals surface area contributed by atoms with E-state index in [-0.39, 0.29) is 5.56 Å². The minimum atomic E-state index is 0.0981. The summed E-state index contributed by atoms with van der Waals surface area (Å²) in [4.78, 5) is 11.1. The fourth-order valence-electron chi connectivity index (χ4n) is 0.974. The number of pyridine rings is 1. The maximum atomic E-state index is 11.1. The molecular formula is C9H13NO. The summed E-state index contributed by atoms with van der Waals surface area (Å²) < 4.78 is 1.74. The fraction of sp³-hybridized carbons (Fsp3) is 0.444. The average molecular weight is 151 g/mol. The molecule has 0 saturated carbocycles. The molecule has 0 aliphatic heterocycles. The van der Waals surface area contributed by atoms with E-state index in [9.17, 15) is 4.79 Å². The van der Waals surface area contributed by atoms with Crippen LogP contribution in [0.1, 0.15) is 19.8 Å². The molecular weight excluding hydrogens is 138 g/mol. The van der Waals surface area contributed by atoms with Gasteiger partial charge in [-0.1, -0.05) is 19.4 Å². The van der Waals surface area contributed by atoms with Gasteiger partial charge in [-0.05, 0) is 12.5 Å². The quantitative estimate of drug-likeness (QED) is 0.643. The highest BCUT2D eigenvalue weighted by Crippen LogP contribution is 1.90. The third kappa shape index (κ3) is 2.22. The first kappa shape index (κ1) is 8.05. The van der Waals surface area contributed by atoms with E-state index in [0.717, 1.165) is 19.4 Å². The number of hydrogen-bond acceptors (Lipinski definition) is 1. The van der Waals surface area contributed by atoms with E-state index in [2.05, 4.69) is 6.92 Å². The maximum absolute atomic E-state index is 11.1. The highest BCUT2D eigenvalue weighted by atomic mass is 16.1. The summed E-state index contributed by atoms with van der Waals surface area (Å²) >= 11 is 0. The number of rotatable bonds is 3. The van der Waals surface area contributed by atoms with Gasteiger partial charge in [0.25, 0.3) is 0 Å². The molecule has 1 rings (SSSR count). The van der Waals surface area contributed by atoms with Crippen LogP contribution in [0, 0.1) is 0 Å². The molecule has 1 heterocycles. The van der Waals surface area contributed by atoms with Crippen LogP contribution in [0.3, 0.4) is 0 Å². The van der Waals surface area contributed by atoms with Crippen molar-refractivity contribution in [1.29, 1.82) is 0 Å². The minimum absolute atomic E-state index is 0.0981. The third-order valence-corrected chi connectivity index (χ3v) is 1.65. The summed E-state index contributed by atoms with van der Waals surface area (Å²) in [5.74, 6) is 0. The lowest BCUT2D eigenvalue weighted by atomic mass is 10.3. The van der Waals surface area contributed by atoms with Crippen LogP contribution in [0.5, 0.6) is 0 Å². The van der Waals surface area contributed by atoms with E-state index < -0.39 is 0 Å². The summed E-state index contributed by atoms with van der Waals surface area (Å²) in [6, 6.07) is 5.25. The van der Waals surface area contributed by atoms with E-state index in [1.165, 1.54) is 0 Å². The van der Waals surface area contributed by atoms with E-state index in [1.54, 1.807) is 16.7 Å². The summed E-state index contributed by atoms with van der Waals surface area (Å²) in [6.45, 7) is 2.96. The average Bonchev–Trinajstić information content (AvgIpc) is 2.03. The molecule has 2 nitrogen and oxygen atoms in total. The minimum Gasteiger partial charge on any atom is -0.316 e. The second kappa shape index (κ2) is 3.96. The summed E-state index contributed by atoms with van der Waals surface area (Å²) in [5, 5.41) is 0. The van der Waals surface area contributed by atoms with Crippen molar-refractivity contribution in [2.45, 2.75) is 26.3 Å². The first-order chi connectivity index (χ1) is 5.34. The van der Waals surface area contributed by atoms with Crippen LogP contribution in [0.4, 0.5) is 0 Å². The molecule has 0 bridgehead atoms. The van der Waals surface area contributed by atoms with Gasteiger partial charge in [-0.3, -0.25) is 4.79 Å². The topological polar surface area (TPSA) is 22.0 Å². The summed E-state index contributed by atoms with van der Waals surface area (Å²) in [7, 11) is 0. The Labute approximate surface area is 66.5 Å². The molecule has 1 aromatic rings. The maximum Gasteiger partial charge on any atom is 0.250 e. The van der Waals surface area contributed by atoms with Gasteiger partial charge in [0.1, 0.15) is 0 Å². The Bertz CT molecular complexity index is 264. The molecule has 0 amide bonds. The third-order valence-electron chi connectivity index (χ3n) is 1.65. The second-order valence-corrected chi connectivity index (χ2v) is 2.59. The molecule has 11 heavy (non-hydrogen) atoms. The zero-order chi connectivity index (χ0) is 8.10. The molecule has 60 valence electrons. The monoisotopic (exact) mass is 151 g/mol. The number of aryl methyl sites for hydroxylation is 1. The Morgan fingerprint density at radius 3 is 2.91 bits per heavy atom. The van der Waals surface area contributed by atoms with Crippen LogP contribution < -0.4 is 5.56 Å². The van der Waals surface area contributed by atoms with Crippen molar-refractivity contribution in [3.63, 3.8) is 0 Å². The van der Waals surface area contributed by atoms with Gasteiger partial charge in [0.05, 0.1) is 0 Å². The smallest absolute Gasteiger partial charge is 0.250 e. The van der Waals surface area contributed by atoms with Crippen LogP contribution >= 0.6 is 0 Å². The molecule has 0 aromatic carbocycles. The van der Waals surface area contributed by atoms with Crippen LogP contribution in [0.15, 0.2) is 29.2 Å². The van der Waals surface area contributed by atoms with Gasteiger partial charge >= 0.3 is 0 Å². The van der Waals surface area contributed by atoms with Crippen LogP contribution in [-0.2, 0) is 6.54 Å². The lowest BCUT2D eigenvalue weighted by Crippen LogP contribution is -2.17. The number of nitrogens with zero attached hydrogens (tertiary/aromatic N) is 1. The van der Waals surface area contributed by atoms with Crippen LogP contribution in [0.25, 0.3) is 0 Å². The van der Waals surface area contributed by atoms with Gasteiger partial charge in [0.2, 0.25) is 5.56 Å². The molecule has 0 saturated heterocycles. The first-order valence-electron chi connectivity index (χ1n) is 4.00. The molecule has 0 spiro atoms. The zero-order valence-electron chi connectivity index (χ0n) is 6.79. The largest absolute Gasteiger partial charge is 0.316 e. The molecule has 1 aromatic heterocycles. The van der Waals surface area contributed by atoms with Crippen molar-refractivity contribution in [2.75, 3.05) is 0 Å². The van der Waals surface area contributed by atoms with Gasteiger partial charge < -0.3 is 4.57 Å². The van der Waals surface area contributed by atoms with Gasteiger partial charge in [0, 0.05) is 18.8 Å². The summed E-state index contributed by atoms with van der Waals surface area (Å²) in [5.41, 5.74) is 0.0981. The van der Waals surface area contributed by atoms with Crippen LogP contribution in [0.2, 0.25) is 0 Å². The highest BCUT2D eigenvalue weighted by molar-refractivity contribution is 4.92. The second-order valence-electron chi connectivity index (χ2n) is 2.59. The van der Waals surface area contributed by atoms with E-state index in [0.29, 0.717) is 0 Å². The molecule has 0 aliphatic rings. The van der Waals surface area contributed by atoms with Crippen molar-refractivity contribution in [3.05, 3.63) is 34.7 Å². The fourth-order valence-corrected chi connectivity index (χ4v) is 0.974. The highest BCUT2D eigenvalue weighted by Gasteiger charge is 1.90. The Balaban J connectivity index is 2.70. The van der Waals surface area contributed by atoms with E-state index >= 15 is 0 Å². The molecule has 0 aliphatic carbocycles. The number of hydrogen-bond donors (Lipinski definition) is 0. The lowest BCUT2D eigenvalue weighted by Gasteiger charge is -2.01. The molecule has 0 N–H and O–H groups in total. The molecule has 0 atom stereocenters. The molecule has 0 unspecified atom stereocenters. The standard InChI is InChI=1S/C9H13NO/c1-2-3-7-10-8-5-4-6-9(10)11/h4-6,8H,2-3,7H2,1H3. The van der Waals surface area contributed by atoms with Crippen LogP contribution in [-0.4, -0.2) is 4.57 Å². The lowest BCUT2D eigenvalue weighted by molar-refractivity contribution is 0.613. The Hall–Kier alpha value is -1.05. The van der Waals surface area contributed by atoms with Crippen molar-refractivity contribution < 1.29 is 0 Å². The summed E-state index contributed by atoms with van der Waals surface area (Å²) in [6.07, 6.45) is 4.03. The predicted octanol–water partition coefficient (Wildman–Crippen LogP) is 1.65. The molecule has 2 heteroatoms. The van der Waals surface area contributed by atoms with Gasteiger partial charge in [-0.2, -0.15) is 0 Å². The van der Waals surface area contributed by atoms with E-state index in [1.807, 2.05) is 12.3 Å². The molecule has 0 radical (unpaired) electrons. The number of aromatic nitrogens is 1. The predicted molar refractivity (Wildman–Crippen MR) is 45.6 cm³/mol. The van der Waals surface area contributed by atoms with Crippen molar-refractivity contribution in [2.24, 2.45) is 0 Å². The van der Waals surface area contributed by atoms with Gasteiger partial charge in [-0.25, -0.2) is 0 Å². The normalized spacial score (nSPS) is 9.91. The van der Waals surface area contributed by atoms with Crippen molar-refractivity contribution in [1.82, 2.24) is 4.57 Å². The Kier molecular flexibility index (Phi) is 2.90. The van der Waals surface area contributed by atoms with Gasteiger partial charge in [-0.15, -0.1) is 0 Å². The van der Waals surface area contributed by atoms with Gasteiger partial charge in [0.15, 0.2) is 0 Å². The Morgan fingerprint density at radius 2 is 2.27 bits per heavy atom. The SMILES string of the molecule is CCCCn1ccccc1=O. The zero-order valence-corrected chi connectivity index (χ0v) is 6.79. The van der Waals surface area contributed by atoms with Crippen molar-refractivity contribution in [3.8, 4) is 0 Å². The first-order valence-corrected chi connectivity index (χ1v) is 4.00. The number of unbranched alkanes of at least 4 members (excludes halogenated alkanes) is 1.